The summed E-state index contributed by atoms with van der Waals surface area (Å²) in [4.78, 5) is 29.2. The van der Waals surface area contributed by atoms with Gasteiger partial charge in [0.15, 0.2) is 5.60 Å². The second-order valence-electron chi connectivity index (χ2n) is 5.90. The number of aliphatic hydroxyl groups is 1. The Balaban J connectivity index is 2.23. The first-order valence-corrected chi connectivity index (χ1v) is 7.84. The Kier molecular flexibility index (Phi) is 3.72. The molecule has 0 aromatic carbocycles. The van der Waals surface area contributed by atoms with Gasteiger partial charge in [-0.1, -0.05) is 20.4 Å². The minimum atomic E-state index is -1.77. The highest BCUT2D eigenvalue weighted by Gasteiger charge is 2.45. The minimum Gasteiger partial charge on any atom is -0.458 e. The van der Waals surface area contributed by atoms with Gasteiger partial charge in [0.2, 0.25) is 0 Å². The Morgan fingerprint density at radius 3 is 2.87 bits per heavy atom. The quantitative estimate of drug-likeness (QED) is 0.859. The molecule has 3 rings (SSSR count). The number of ether oxygens (including phenoxy) is 1. The van der Waals surface area contributed by atoms with Crippen molar-refractivity contribution in [3.63, 3.8) is 0 Å². The molecule has 23 heavy (non-hydrogen) atoms. The van der Waals surface area contributed by atoms with Crippen molar-refractivity contribution in [1.82, 2.24) is 4.57 Å². The fourth-order valence-electron chi connectivity index (χ4n) is 3.09. The normalized spacial score (nSPS) is 24.3. The Morgan fingerprint density at radius 2 is 2.22 bits per heavy atom. The number of rotatable bonds is 3. The maximum atomic E-state index is 12.7. The number of pyridine rings is 1. The van der Waals surface area contributed by atoms with E-state index in [1.165, 1.54) is 0 Å². The third-order valence-corrected chi connectivity index (χ3v) is 4.61. The van der Waals surface area contributed by atoms with Crippen molar-refractivity contribution in [3.05, 3.63) is 45.5 Å². The number of aliphatic imine (C=N–C) groups is 1. The summed E-state index contributed by atoms with van der Waals surface area (Å²) in [5.41, 5.74) is 0.891. The highest BCUT2D eigenvalue weighted by Crippen LogP contribution is 2.34. The number of nitrogens with zero attached hydrogens (tertiary/aromatic N) is 2. The van der Waals surface area contributed by atoms with Crippen LogP contribution in [0.4, 0.5) is 0 Å². The molecule has 0 bridgehead atoms. The van der Waals surface area contributed by atoms with Crippen LogP contribution in [0.1, 0.15) is 49.9 Å². The van der Waals surface area contributed by atoms with Gasteiger partial charge in [0.05, 0.1) is 17.0 Å². The first-order valence-electron chi connectivity index (χ1n) is 7.84. The molecule has 0 radical (unpaired) electrons. The monoisotopic (exact) mass is 316 g/mol. The molecule has 0 fully saturated rings. The first-order chi connectivity index (χ1) is 10.9. The van der Waals surface area contributed by atoms with Crippen LogP contribution in [0.2, 0.25) is 0 Å². The van der Waals surface area contributed by atoms with Crippen LogP contribution in [0.25, 0.3) is 0 Å². The lowest BCUT2D eigenvalue weighted by atomic mass is 9.86. The van der Waals surface area contributed by atoms with Crippen molar-refractivity contribution in [2.45, 2.75) is 51.9 Å². The minimum absolute atomic E-state index is 0.0935. The van der Waals surface area contributed by atoms with E-state index in [1.54, 1.807) is 17.6 Å². The molecular weight excluding hydrogens is 296 g/mol. The lowest BCUT2D eigenvalue weighted by Crippen LogP contribution is -2.44. The third-order valence-electron chi connectivity index (χ3n) is 4.61. The molecule has 2 aliphatic rings. The van der Waals surface area contributed by atoms with E-state index in [0.717, 1.165) is 17.8 Å². The Morgan fingerprint density at radius 1 is 1.48 bits per heavy atom. The molecule has 0 unspecified atom stereocenters. The summed E-state index contributed by atoms with van der Waals surface area (Å²) in [5, 5.41) is 10.7. The largest absolute Gasteiger partial charge is 0.458 e. The molecule has 1 aromatic rings. The fourth-order valence-corrected chi connectivity index (χ4v) is 3.09. The number of esters is 1. The van der Waals surface area contributed by atoms with Crippen LogP contribution in [0.5, 0.6) is 0 Å². The summed E-state index contributed by atoms with van der Waals surface area (Å²) in [6.45, 7) is 7.98. The van der Waals surface area contributed by atoms with E-state index in [9.17, 15) is 14.7 Å². The van der Waals surface area contributed by atoms with Gasteiger partial charge in [-0.2, -0.15) is 0 Å². The fraction of sp³-hybridized carbons (Fsp3) is 0.471. The third kappa shape index (κ3) is 2.25. The summed E-state index contributed by atoms with van der Waals surface area (Å²) in [6.07, 6.45) is 1.51. The van der Waals surface area contributed by atoms with Crippen LogP contribution in [-0.2, 0) is 28.3 Å². The predicted molar refractivity (Wildman–Crippen MR) is 85.3 cm³/mol. The average molecular weight is 316 g/mol. The van der Waals surface area contributed by atoms with Crippen LogP contribution in [-0.4, -0.2) is 21.4 Å². The van der Waals surface area contributed by atoms with Gasteiger partial charge in [0.25, 0.3) is 5.56 Å². The van der Waals surface area contributed by atoms with Crippen LogP contribution < -0.4 is 5.56 Å². The highest BCUT2D eigenvalue weighted by atomic mass is 16.6. The van der Waals surface area contributed by atoms with Gasteiger partial charge in [-0.05, 0) is 18.9 Å². The number of fused-ring (bicyclic) bond motifs is 2. The number of carbonyl (C=O) groups excluding carboxylic acids is 1. The lowest BCUT2D eigenvalue weighted by Gasteiger charge is -2.31. The van der Waals surface area contributed by atoms with E-state index in [1.807, 2.05) is 6.92 Å². The smallest absolute Gasteiger partial charge is 0.343 e. The van der Waals surface area contributed by atoms with Crippen molar-refractivity contribution in [3.8, 4) is 0 Å². The molecule has 2 aliphatic heterocycles. The summed E-state index contributed by atoms with van der Waals surface area (Å²) >= 11 is 0. The standard InChI is InChI=1S/C17H20N2O4/c1-4-10(3)18-13-6-7-19-14(13)8-12-11(15(19)20)9-23-16(21)17(12,22)5-2/h8,22H,3-7,9H2,1-2H3/t17-/m0/s1. The molecule has 0 amide bonds. The Hall–Kier alpha value is -2.21. The maximum Gasteiger partial charge on any atom is 0.343 e. The van der Waals surface area contributed by atoms with Gasteiger partial charge in [0, 0.05) is 24.2 Å². The first kappa shape index (κ1) is 15.7. The van der Waals surface area contributed by atoms with Crippen molar-refractivity contribution in [2.24, 2.45) is 4.99 Å². The highest BCUT2D eigenvalue weighted by molar-refractivity contribution is 6.02. The number of hydrogen-bond acceptors (Lipinski definition) is 5. The lowest BCUT2D eigenvalue weighted by molar-refractivity contribution is -0.172. The Bertz CT molecular complexity index is 791. The number of aromatic nitrogens is 1. The van der Waals surface area contributed by atoms with Crippen molar-refractivity contribution in [1.29, 1.82) is 0 Å². The Labute approximate surface area is 134 Å². The zero-order chi connectivity index (χ0) is 16.8. The van der Waals surface area contributed by atoms with Gasteiger partial charge in [-0.15, -0.1) is 0 Å². The van der Waals surface area contributed by atoms with Crippen molar-refractivity contribution in [2.75, 3.05) is 0 Å². The van der Waals surface area contributed by atoms with Crippen LogP contribution in [0, 0.1) is 0 Å². The molecule has 1 N–H and O–H groups in total. The molecule has 0 saturated heterocycles. The summed E-state index contributed by atoms with van der Waals surface area (Å²) in [5.74, 6) is -0.702. The van der Waals surface area contributed by atoms with Gasteiger partial charge >= 0.3 is 5.97 Å². The number of hydrogen-bond donors (Lipinski definition) is 1. The zero-order valence-electron chi connectivity index (χ0n) is 13.4. The molecule has 3 heterocycles. The van der Waals surface area contributed by atoms with E-state index in [4.69, 9.17) is 4.74 Å². The second-order valence-corrected chi connectivity index (χ2v) is 5.90. The van der Waals surface area contributed by atoms with Gasteiger partial charge in [-0.3, -0.25) is 9.79 Å². The average Bonchev–Trinajstić information content (AvgIpc) is 2.94. The molecule has 0 spiro atoms. The summed E-state index contributed by atoms with van der Waals surface area (Å²) in [7, 11) is 0. The maximum absolute atomic E-state index is 12.7. The molecule has 122 valence electrons. The van der Waals surface area contributed by atoms with E-state index in [2.05, 4.69) is 11.6 Å². The molecular formula is C17H20N2O4. The van der Waals surface area contributed by atoms with E-state index in [0.29, 0.717) is 29.8 Å². The molecule has 6 nitrogen and oxygen atoms in total. The van der Waals surface area contributed by atoms with E-state index in [-0.39, 0.29) is 18.6 Å². The van der Waals surface area contributed by atoms with Crippen LogP contribution in [0.15, 0.2) is 28.1 Å². The second kappa shape index (κ2) is 5.45. The molecule has 0 saturated carbocycles. The predicted octanol–water partition coefficient (Wildman–Crippen LogP) is 1.62. The topological polar surface area (TPSA) is 80.9 Å². The van der Waals surface area contributed by atoms with Crippen molar-refractivity contribution < 1.29 is 14.6 Å². The molecule has 6 heteroatoms. The zero-order valence-corrected chi connectivity index (χ0v) is 13.4. The van der Waals surface area contributed by atoms with E-state index >= 15 is 0 Å². The van der Waals surface area contributed by atoms with Gasteiger partial charge in [-0.25, -0.2) is 4.79 Å². The summed E-state index contributed by atoms with van der Waals surface area (Å²) < 4.78 is 6.65. The molecule has 1 atom stereocenters. The number of carbonyl (C=O) groups is 1. The molecule has 0 aliphatic carbocycles. The molecule has 1 aromatic heterocycles. The SMILES string of the molecule is C=C(CC)N=C1CCn2c1cc1c(c2=O)COC(=O)[C@]1(O)CC. The van der Waals surface area contributed by atoms with E-state index < -0.39 is 11.6 Å². The van der Waals surface area contributed by atoms with Crippen molar-refractivity contribution >= 4 is 11.7 Å². The number of cyclic esters (lactones) is 1. The summed E-state index contributed by atoms with van der Waals surface area (Å²) in [6, 6.07) is 1.72. The van der Waals surface area contributed by atoms with Crippen LogP contribution in [0.3, 0.4) is 0 Å². The number of allylic oxidation sites excluding steroid dienone is 1. The van der Waals surface area contributed by atoms with Crippen LogP contribution >= 0.6 is 0 Å². The van der Waals surface area contributed by atoms with Gasteiger partial charge in [0.1, 0.15) is 6.61 Å². The van der Waals surface area contributed by atoms with Gasteiger partial charge < -0.3 is 14.4 Å².